The van der Waals surface area contributed by atoms with Gasteiger partial charge in [-0.2, -0.15) is 0 Å². The molecule has 0 spiro atoms. The highest BCUT2D eigenvalue weighted by atomic mass is 16.5. The number of hydrogen-bond donors (Lipinski definition) is 1. The predicted molar refractivity (Wildman–Crippen MR) is 138 cm³/mol. The van der Waals surface area contributed by atoms with E-state index in [1.54, 1.807) is 47.5 Å². The Morgan fingerprint density at radius 2 is 1.65 bits per heavy atom. The van der Waals surface area contributed by atoms with Gasteiger partial charge >= 0.3 is 5.97 Å². The Hall–Kier alpha value is -3.94. The predicted octanol–water partition coefficient (Wildman–Crippen LogP) is 4.65. The molecular formula is C29H33NO7. The van der Waals surface area contributed by atoms with E-state index >= 15 is 0 Å². The van der Waals surface area contributed by atoms with E-state index in [9.17, 15) is 9.59 Å². The topological polar surface area (TPSA) is 92.3 Å². The van der Waals surface area contributed by atoms with E-state index in [1.165, 1.54) is 0 Å². The second-order valence-electron chi connectivity index (χ2n) is 8.96. The van der Waals surface area contributed by atoms with Gasteiger partial charge in [0.1, 0.15) is 11.5 Å². The fraction of sp³-hybridized carbons (Fsp3) is 0.379. The van der Waals surface area contributed by atoms with Crippen LogP contribution < -0.4 is 24.3 Å². The zero-order valence-corrected chi connectivity index (χ0v) is 22.1. The molecule has 8 heteroatoms. The highest BCUT2D eigenvalue weighted by Crippen LogP contribution is 2.48. The van der Waals surface area contributed by atoms with Crippen LogP contribution in [-0.4, -0.2) is 46.8 Å². The smallest absolute Gasteiger partial charge is 0.336 e. The average Bonchev–Trinajstić information content (AvgIpc) is 2.91. The van der Waals surface area contributed by atoms with Gasteiger partial charge in [0, 0.05) is 35.0 Å². The van der Waals surface area contributed by atoms with Crippen molar-refractivity contribution < 1.29 is 33.3 Å². The number of dihydropyridines is 1. The summed E-state index contributed by atoms with van der Waals surface area (Å²) in [7, 11) is 6.32. The molecule has 1 aliphatic heterocycles. The van der Waals surface area contributed by atoms with Gasteiger partial charge in [-0.15, -0.1) is 0 Å². The highest BCUT2D eigenvalue weighted by Gasteiger charge is 2.42. The summed E-state index contributed by atoms with van der Waals surface area (Å²) in [6.45, 7) is 3.82. The van der Waals surface area contributed by atoms with Gasteiger partial charge in [0.25, 0.3) is 0 Å². The van der Waals surface area contributed by atoms with Gasteiger partial charge < -0.3 is 29.0 Å². The summed E-state index contributed by atoms with van der Waals surface area (Å²) in [5.41, 5.74) is 4.11. The Morgan fingerprint density at radius 3 is 2.30 bits per heavy atom. The molecule has 2 aromatic rings. The molecule has 2 aliphatic rings. The van der Waals surface area contributed by atoms with E-state index in [1.807, 2.05) is 31.2 Å². The maximum Gasteiger partial charge on any atom is 0.336 e. The molecule has 0 radical (unpaired) electrons. The van der Waals surface area contributed by atoms with Crippen LogP contribution in [0.1, 0.15) is 49.7 Å². The number of ketones is 1. The highest BCUT2D eigenvalue weighted by molar-refractivity contribution is 6.04. The second kappa shape index (κ2) is 11.0. The van der Waals surface area contributed by atoms with Crippen molar-refractivity contribution in [2.75, 3.05) is 35.0 Å². The first kappa shape index (κ1) is 26.1. The van der Waals surface area contributed by atoms with Crippen LogP contribution >= 0.6 is 0 Å². The fourth-order valence-corrected chi connectivity index (χ4v) is 5.23. The van der Waals surface area contributed by atoms with Gasteiger partial charge in [0.05, 0.1) is 46.5 Å². The molecule has 37 heavy (non-hydrogen) atoms. The van der Waals surface area contributed by atoms with Crippen molar-refractivity contribution in [2.24, 2.45) is 0 Å². The fourth-order valence-electron chi connectivity index (χ4n) is 5.23. The number of nitrogens with one attached hydrogen (secondary N) is 1. The van der Waals surface area contributed by atoms with E-state index in [4.69, 9.17) is 23.7 Å². The molecule has 1 aliphatic carbocycles. The minimum Gasteiger partial charge on any atom is -0.497 e. The van der Waals surface area contributed by atoms with Crippen LogP contribution in [0.25, 0.3) is 0 Å². The standard InChI is InChI=1S/C29H33NO7/c1-7-37-29(32)26-16(2)30-21-12-18(17-8-11-23(34-4)25(14-17)36-6)13-22(31)28(21)27(26)20-10-9-19(33-3)15-24(20)35-5/h8-11,14-15,18,27,30H,7,12-13H2,1-6H3/t18-,27+/m0/s1. The van der Waals surface area contributed by atoms with E-state index in [0.29, 0.717) is 58.2 Å². The SMILES string of the molecule is CCOC(=O)C1=C(C)NC2=C(C(=O)C[C@@H](c3ccc(OC)c(OC)c3)C2)[C@@H]1c1ccc(OC)cc1OC. The number of carbonyl (C=O) groups excluding carboxylic acids is 2. The van der Waals surface area contributed by atoms with Crippen molar-refractivity contribution >= 4 is 11.8 Å². The lowest BCUT2D eigenvalue weighted by molar-refractivity contribution is -0.138. The zero-order valence-electron chi connectivity index (χ0n) is 22.1. The van der Waals surface area contributed by atoms with E-state index < -0.39 is 11.9 Å². The van der Waals surface area contributed by atoms with Crippen molar-refractivity contribution in [1.82, 2.24) is 5.32 Å². The molecule has 2 atom stereocenters. The summed E-state index contributed by atoms with van der Waals surface area (Å²) in [5.74, 6) is 1.21. The van der Waals surface area contributed by atoms with Gasteiger partial charge in [-0.1, -0.05) is 12.1 Å². The molecule has 0 amide bonds. The lowest BCUT2D eigenvalue weighted by Crippen LogP contribution is -2.36. The number of Topliss-reactive ketones (excluding diaryl/α,β-unsaturated/α-hetero) is 1. The van der Waals surface area contributed by atoms with E-state index in [0.717, 1.165) is 11.3 Å². The maximum atomic E-state index is 13.8. The second-order valence-corrected chi connectivity index (χ2v) is 8.96. The van der Waals surface area contributed by atoms with Crippen molar-refractivity contribution in [2.45, 2.75) is 38.5 Å². The number of hydrogen-bond acceptors (Lipinski definition) is 8. The molecule has 4 rings (SSSR count). The first-order chi connectivity index (χ1) is 17.9. The number of rotatable bonds is 8. The average molecular weight is 508 g/mol. The summed E-state index contributed by atoms with van der Waals surface area (Å²) < 4.78 is 27.3. The third kappa shape index (κ3) is 4.88. The molecule has 196 valence electrons. The summed E-state index contributed by atoms with van der Waals surface area (Å²) in [6.07, 6.45) is 0.888. The number of benzene rings is 2. The summed E-state index contributed by atoms with van der Waals surface area (Å²) in [4.78, 5) is 27.0. The zero-order chi connectivity index (χ0) is 26.7. The molecule has 2 aromatic carbocycles. The molecule has 1 heterocycles. The number of esters is 1. The molecule has 0 unspecified atom stereocenters. The van der Waals surface area contributed by atoms with E-state index in [2.05, 4.69) is 5.32 Å². The largest absolute Gasteiger partial charge is 0.497 e. The Kier molecular flexibility index (Phi) is 7.76. The molecule has 1 N–H and O–H groups in total. The Balaban J connectivity index is 1.82. The van der Waals surface area contributed by atoms with Crippen LogP contribution in [0.4, 0.5) is 0 Å². The molecule has 0 bridgehead atoms. The minimum absolute atomic E-state index is 0.0364. The van der Waals surface area contributed by atoms with Crippen LogP contribution in [0.3, 0.4) is 0 Å². The number of methoxy groups -OCH3 is 4. The minimum atomic E-state index is -0.630. The van der Waals surface area contributed by atoms with E-state index in [-0.39, 0.29) is 18.3 Å². The summed E-state index contributed by atoms with van der Waals surface area (Å²) >= 11 is 0. The molecule has 0 fully saturated rings. The van der Waals surface area contributed by atoms with Gasteiger partial charge in [-0.3, -0.25) is 4.79 Å². The van der Waals surface area contributed by atoms with Crippen molar-refractivity contribution in [1.29, 1.82) is 0 Å². The quantitative estimate of drug-likeness (QED) is 0.517. The summed E-state index contributed by atoms with van der Waals surface area (Å²) in [5, 5.41) is 3.36. The summed E-state index contributed by atoms with van der Waals surface area (Å²) in [6, 6.07) is 11.1. The first-order valence-electron chi connectivity index (χ1n) is 12.2. The lowest BCUT2D eigenvalue weighted by atomic mass is 9.71. The molecule has 0 saturated heterocycles. The van der Waals surface area contributed by atoms with Crippen LogP contribution in [0.2, 0.25) is 0 Å². The number of allylic oxidation sites excluding steroid dienone is 3. The van der Waals surface area contributed by atoms with Crippen molar-refractivity contribution in [3.05, 3.63) is 70.1 Å². The van der Waals surface area contributed by atoms with Crippen LogP contribution in [0, 0.1) is 0 Å². The van der Waals surface area contributed by atoms with Gasteiger partial charge in [0.2, 0.25) is 0 Å². The van der Waals surface area contributed by atoms with Crippen LogP contribution in [0.15, 0.2) is 58.9 Å². The Morgan fingerprint density at radius 1 is 0.919 bits per heavy atom. The normalized spacial score (nSPS) is 19.1. The third-order valence-electron chi connectivity index (χ3n) is 6.95. The van der Waals surface area contributed by atoms with Gasteiger partial charge in [0.15, 0.2) is 17.3 Å². The van der Waals surface area contributed by atoms with Crippen LogP contribution in [0.5, 0.6) is 23.0 Å². The monoisotopic (exact) mass is 507 g/mol. The van der Waals surface area contributed by atoms with Gasteiger partial charge in [-0.05, 0) is 49.9 Å². The maximum absolute atomic E-state index is 13.8. The third-order valence-corrected chi connectivity index (χ3v) is 6.95. The van der Waals surface area contributed by atoms with Crippen molar-refractivity contribution in [3.8, 4) is 23.0 Å². The molecular weight excluding hydrogens is 474 g/mol. The Labute approximate surface area is 217 Å². The Bertz CT molecular complexity index is 1280. The van der Waals surface area contributed by atoms with Crippen molar-refractivity contribution in [3.63, 3.8) is 0 Å². The molecule has 8 nitrogen and oxygen atoms in total. The van der Waals surface area contributed by atoms with Gasteiger partial charge in [-0.25, -0.2) is 4.79 Å². The first-order valence-corrected chi connectivity index (χ1v) is 12.2. The van der Waals surface area contributed by atoms with Crippen LogP contribution in [-0.2, 0) is 14.3 Å². The molecule has 0 aromatic heterocycles. The lowest BCUT2D eigenvalue weighted by Gasteiger charge is -2.37. The number of carbonyl (C=O) groups is 2. The number of ether oxygens (including phenoxy) is 5. The molecule has 0 saturated carbocycles.